The first-order valence-electron chi connectivity index (χ1n) is 6.40. The largest absolute Gasteiger partial charge is 0.492 e. The highest BCUT2D eigenvalue weighted by molar-refractivity contribution is 7.93. The maximum Gasteiger partial charge on any atom is 0.347 e. The number of nitrogens with zero attached hydrogens (tertiary/aromatic N) is 1. The van der Waals surface area contributed by atoms with Crippen molar-refractivity contribution in [1.29, 1.82) is 0 Å². The van der Waals surface area contributed by atoms with Gasteiger partial charge < -0.3 is 9.84 Å². The van der Waals surface area contributed by atoms with E-state index in [-0.39, 0.29) is 25.6 Å². The number of aryl methyl sites for hydroxylation is 1. The molecule has 2 rings (SSSR count). The van der Waals surface area contributed by atoms with E-state index in [1.165, 1.54) is 25.1 Å². The number of carbonyl (C=O) groups is 1. The fourth-order valence-electron chi connectivity index (χ4n) is 1.73. The van der Waals surface area contributed by atoms with Gasteiger partial charge in [-0.3, -0.25) is 4.72 Å². The average Bonchev–Trinajstić information content (AvgIpc) is 2.81. The summed E-state index contributed by atoms with van der Waals surface area (Å²) in [6, 6.07) is 4.06. The zero-order valence-electron chi connectivity index (χ0n) is 12.2. The minimum atomic E-state index is -3.93. The van der Waals surface area contributed by atoms with Crippen molar-refractivity contribution in [2.45, 2.75) is 18.7 Å². The van der Waals surface area contributed by atoms with Crippen LogP contribution in [0.25, 0.3) is 0 Å². The number of halogens is 1. The maximum absolute atomic E-state index is 12.3. The van der Waals surface area contributed by atoms with Crippen molar-refractivity contribution in [3.63, 3.8) is 0 Å². The highest BCUT2D eigenvalue weighted by Crippen LogP contribution is 2.29. The van der Waals surface area contributed by atoms with Gasteiger partial charge in [0.25, 0.3) is 10.0 Å². The topological polar surface area (TPSA) is 106 Å². The quantitative estimate of drug-likeness (QED) is 0.802. The van der Waals surface area contributed by atoms with E-state index in [0.29, 0.717) is 12.4 Å². The van der Waals surface area contributed by atoms with Gasteiger partial charge in [0.15, 0.2) is 5.13 Å². The molecule has 0 aliphatic rings. The van der Waals surface area contributed by atoms with Crippen molar-refractivity contribution in [3.05, 3.63) is 33.8 Å². The third kappa shape index (κ3) is 3.92. The molecule has 124 valence electrons. The molecule has 10 heteroatoms. The Balaban J connectivity index is 2.30. The minimum absolute atomic E-state index is 0.0209. The number of benzene rings is 1. The van der Waals surface area contributed by atoms with Crippen molar-refractivity contribution in [2.24, 2.45) is 0 Å². The molecule has 1 aromatic heterocycles. The number of anilines is 1. The summed E-state index contributed by atoms with van der Waals surface area (Å²) >= 11 is 6.73. The molecule has 23 heavy (non-hydrogen) atoms. The van der Waals surface area contributed by atoms with E-state index < -0.39 is 16.0 Å². The van der Waals surface area contributed by atoms with Crippen LogP contribution in [0, 0.1) is 6.92 Å². The normalized spacial score (nSPS) is 11.3. The Kier molecular flexibility index (Phi) is 5.12. The Morgan fingerprint density at radius 3 is 2.70 bits per heavy atom. The SMILES string of the molecule is CCOc1ccc(S(=O)(=O)Nc2nc(C)c(C(=O)O)s2)cc1Cl. The van der Waals surface area contributed by atoms with Crippen molar-refractivity contribution >= 4 is 44.1 Å². The summed E-state index contributed by atoms with van der Waals surface area (Å²) in [5.41, 5.74) is 0.241. The van der Waals surface area contributed by atoms with Gasteiger partial charge in [0.1, 0.15) is 10.6 Å². The second-order valence-corrected chi connectivity index (χ2v) is 7.46. The number of ether oxygens (including phenoxy) is 1. The molecule has 1 heterocycles. The number of carboxylic acids is 1. The molecule has 0 radical (unpaired) electrons. The number of carboxylic acid groups (broad SMARTS) is 1. The molecule has 0 bridgehead atoms. The maximum atomic E-state index is 12.3. The number of rotatable bonds is 6. The van der Waals surface area contributed by atoms with Crippen LogP contribution in [0.1, 0.15) is 22.3 Å². The zero-order chi connectivity index (χ0) is 17.2. The summed E-state index contributed by atoms with van der Waals surface area (Å²) in [5, 5.41) is 9.11. The van der Waals surface area contributed by atoms with Crippen LogP contribution in [0.3, 0.4) is 0 Å². The van der Waals surface area contributed by atoms with Gasteiger partial charge in [-0.15, -0.1) is 0 Å². The standard InChI is InChI=1S/C13H13ClN2O5S2/c1-3-21-10-5-4-8(6-9(10)14)23(19,20)16-13-15-7(2)11(22-13)12(17)18/h4-6H,3H2,1-2H3,(H,15,16)(H,17,18). The molecule has 0 saturated carbocycles. The van der Waals surface area contributed by atoms with Gasteiger partial charge in [0.2, 0.25) is 0 Å². The van der Waals surface area contributed by atoms with Crippen LogP contribution < -0.4 is 9.46 Å². The number of hydrogen-bond donors (Lipinski definition) is 2. The molecular formula is C13H13ClN2O5S2. The molecule has 0 fully saturated rings. The van der Waals surface area contributed by atoms with Crippen molar-refractivity contribution in [2.75, 3.05) is 11.3 Å². The van der Waals surface area contributed by atoms with Gasteiger partial charge in [-0.25, -0.2) is 18.2 Å². The third-order valence-electron chi connectivity index (χ3n) is 2.73. The predicted molar refractivity (Wildman–Crippen MR) is 87.2 cm³/mol. The second kappa shape index (κ2) is 6.73. The number of aromatic carboxylic acids is 1. The average molecular weight is 377 g/mol. The monoisotopic (exact) mass is 376 g/mol. The molecule has 0 spiro atoms. The minimum Gasteiger partial charge on any atom is -0.492 e. The Hall–Kier alpha value is -1.84. The van der Waals surface area contributed by atoms with E-state index in [1.807, 2.05) is 0 Å². The number of hydrogen-bond acceptors (Lipinski definition) is 6. The molecule has 7 nitrogen and oxygen atoms in total. The summed E-state index contributed by atoms with van der Waals surface area (Å²) < 4.78 is 32.1. The highest BCUT2D eigenvalue weighted by atomic mass is 35.5. The van der Waals surface area contributed by atoms with E-state index in [2.05, 4.69) is 9.71 Å². The second-order valence-electron chi connectivity index (χ2n) is 4.37. The Bertz CT molecular complexity index is 848. The van der Waals surface area contributed by atoms with E-state index >= 15 is 0 Å². The van der Waals surface area contributed by atoms with Crippen molar-refractivity contribution in [3.8, 4) is 5.75 Å². The molecule has 0 aliphatic heterocycles. The lowest BCUT2D eigenvalue weighted by atomic mass is 10.3. The molecule has 0 atom stereocenters. The number of aromatic nitrogens is 1. The zero-order valence-corrected chi connectivity index (χ0v) is 14.5. The van der Waals surface area contributed by atoms with Crippen LogP contribution >= 0.6 is 22.9 Å². The van der Waals surface area contributed by atoms with E-state index in [9.17, 15) is 13.2 Å². The van der Waals surface area contributed by atoms with Crippen LogP contribution in [0.2, 0.25) is 5.02 Å². The van der Waals surface area contributed by atoms with Gasteiger partial charge in [-0.2, -0.15) is 0 Å². The van der Waals surface area contributed by atoms with Gasteiger partial charge in [0, 0.05) is 0 Å². The third-order valence-corrected chi connectivity index (χ3v) is 5.55. The summed E-state index contributed by atoms with van der Waals surface area (Å²) in [7, 11) is -3.93. The summed E-state index contributed by atoms with van der Waals surface area (Å²) in [4.78, 5) is 14.8. The predicted octanol–water partition coefficient (Wildman–Crippen LogP) is 3.00. The Labute approximate surface area is 141 Å². The van der Waals surface area contributed by atoms with Crippen LogP contribution in [-0.4, -0.2) is 31.1 Å². The van der Waals surface area contributed by atoms with Crippen LogP contribution in [0.15, 0.2) is 23.1 Å². The van der Waals surface area contributed by atoms with Gasteiger partial charge in [-0.1, -0.05) is 22.9 Å². The summed E-state index contributed by atoms with van der Waals surface area (Å²) in [6.07, 6.45) is 0. The fraction of sp³-hybridized carbons (Fsp3) is 0.231. The summed E-state index contributed by atoms with van der Waals surface area (Å²) in [5.74, 6) is -0.777. The van der Waals surface area contributed by atoms with Crippen LogP contribution in [0.4, 0.5) is 5.13 Å². The van der Waals surface area contributed by atoms with Gasteiger partial charge in [0.05, 0.1) is 22.2 Å². The Morgan fingerprint density at radius 2 is 2.17 bits per heavy atom. The lowest BCUT2D eigenvalue weighted by molar-refractivity contribution is 0.0701. The molecule has 2 aromatic rings. The molecule has 0 unspecified atom stereocenters. The van der Waals surface area contributed by atoms with Crippen molar-refractivity contribution < 1.29 is 23.1 Å². The van der Waals surface area contributed by atoms with Gasteiger partial charge >= 0.3 is 5.97 Å². The fourth-order valence-corrected chi connectivity index (χ4v) is 4.10. The Morgan fingerprint density at radius 1 is 1.48 bits per heavy atom. The number of nitrogens with one attached hydrogen (secondary N) is 1. The van der Waals surface area contributed by atoms with Crippen LogP contribution in [0.5, 0.6) is 5.75 Å². The molecular weight excluding hydrogens is 364 g/mol. The first kappa shape index (κ1) is 17.5. The smallest absolute Gasteiger partial charge is 0.347 e. The molecule has 0 saturated heterocycles. The summed E-state index contributed by atoms with van der Waals surface area (Å²) in [6.45, 7) is 3.68. The van der Waals surface area contributed by atoms with Crippen molar-refractivity contribution in [1.82, 2.24) is 4.98 Å². The first-order chi connectivity index (χ1) is 10.7. The number of sulfonamides is 1. The highest BCUT2D eigenvalue weighted by Gasteiger charge is 2.20. The van der Waals surface area contributed by atoms with Gasteiger partial charge in [-0.05, 0) is 32.0 Å². The number of thiazole rings is 1. The lowest BCUT2D eigenvalue weighted by Crippen LogP contribution is -2.12. The van der Waals surface area contributed by atoms with E-state index in [0.717, 1.165) is 11.3 Å². The molecule has 2 N–H and O–H groups in total. The van der Waals surface area contributed by atoms with Crippen LogP contribution in [-0.2, 0) is 10.0 Å². The molecule has 0 amide bonds. The first-order valence-corrected chi connectivity index (χ1v) is 9.08. The molecule has 0 aliphatic carbocycles. The molecule has 1 aromatic carbocycles. The lowest BCUT2D eigenvalue weighted by Gasteiger charge is -2.09. The van der Waals surface area contributed by atoms with E-state index in [1.54, 1.807) is 6.92 Å². The van der Waals surface area contributed by atoms with E-state index in [4.69, 9.17) is 21.4 Å².